The van der Waals surface area contributed by atoms with E-state index in [2.05, 4.69) is 10.3 Å². The summed E-state index contributed by atoms with van der Waals surface area (Å²) in [6, 6.07) is 5.24. The first-order chi connectivity index (χ1) is 7.42. The van der Waals surface area contributed by atoms with E-state index >= 15 is 0 Å². The lowest BCUT2D eigenvalue weighted by atomic mass is 10.1. The zero-order valence-corrected chi connectivity index (χ0v) is 9.23. The van der Waals surface area contributed by atoms with Crippen molar-refractivity contribution in [2.24, 2.45) is 0 Å². The second kappa shape index (κ2) is 4.74. The van der Waals surface area contributed by atoms with E-state index in [1.54, 1.807) is 24.4 Å². The minimum atomic E-state index is -1.26. The van der Waals surface area contributed by atoms with Crippen LogP contribution < -0.4 is 5.32 Å². The molecular formula is C11H14N2O3. The van der Waals surface area contributed by atoms with Gasteiger partial charge in [-0.25, -0.2) is 4.79 Å². The number of pyridine rings is 1. The predicted molar refractivity (Wildman–Crippen MR) is 57.8 cm³/mol. The van der Waals surface area contributed by atoms with Gasteiger partial charge in [0.1, 0.15) is 5.54 Å². The summed E-state index contributed by atoms with van der Waals surface area (Å²) in [5.74, 6) is -1.42. The quantitative estimate of drug-likeness (QED) is 0.782. The highest BCUT2D eigenvalue weighted by Gasteiger charge is 2.28. The third-order valence-electron chi connectivity index (χ3n) is 2.05. The summed E-state index contributed by atoms with van der Waals surface area (Å²) >= 11 is 0. The molecule has 0 unspecified atom stereocenters. The fourth-order valence-electron chi connectivity index (χ4n) is 1.11. The summed E-state index contributed by atoms with van der Waals surface area (Å²) in [5.41, 5.74) is -0.646. The van der Waals surface area contributed by atoms with Gasteiger partial charge in [0.05, 0.1) is 6.42 Å². The van der Waals surface area contributed by atoms with E-state index in [-0.39, 0.29) is 12.3 Å². The molecule has 1 aromatic rings. The Bertz CT molecular complexity index is 387. The number of aromatic nitrogens is 1. The van der Waals surface area contributed by atoms with Crippen LogP contribution in [0.2, 0.25) is 0 Å². The van der Waals surface area contributed by atoms with Crippen molar-refractivity contribution in [2.75, 3.05) is 0 Å². The third-order valence-corrected chi connectivity index (χ3v) is 2.05. The third kappa shape index (κ3) is 3.34. The molecule has 0 atom stereocenters. The van der Waals surface area contributed by atoms with Crippen LogP contribution in [0.15, 0.2) is 24.4 Å². The van der Waals surface area contributed by atoms with Gasteiger partial charge in [-0.3, -0.25) is 9.78 Å². The van der Waals surface area contributed by atoms with Gasteiger partial charge in [-0.2, -0.15) is 0 Å². The molecule has 0 fully saturated rings. The minimum Gasteiger partial charge on any atom is -0.480 e. The number of amides is 1. The van der Waals surface area contributed by atoms with Gasteiger partial charge in [0, 0.05) is 11.9 Å². The van der Waals surface area contributed by atoms with Crippen LogP contribution in [0.25, 0.3) is 0 Å². The normalized spacial score (nSPS) is 10.9. The monoisotopic (exact) mass is 222 g/mol. The molecule has 2 N–H and O–H groups in total. The van der Waals surface area contributed by atoms with Crippen LogP contribution in [0.4, 0.5) is 0 Å². The molecule has 0 radical (unpaired) electrons. The largest absolute Gasteiger partial charge is 0.480 e. The molecule has 0 spiro atoms. The van der Waals surface area contributed by atoms with Crippen LogP contribution in [-0.4, -0.2) is 27.5 Å². The van der Waals surface area contributed by atoms with Gasteiger partial charge in [0.2, 0.25) is 5.91 Å². The second-order valence-corrected chi connectivity index (χ2v) is 3.98. The summed E-state index contributed by atoms with van der Waals surface area (Å²) < 4.78 is 0. The van der Waals surface area contributed by atoms with Crippen LogP contribution >= 0.6 is 0 Å². The molecule has 0 aliphatic rings. The molecule has 5 nitrogen and oxygen atoms in total. The molecule has 16 heavy (non-hydrogen) atoms. The molecule has 0 saturated heterocycles. The maximum Gasteiger partial charge on any atom is 0.328 e. The molecular weight excluding hydrogens is 208 g/mol. The lowest BCUT2D eigenvalue weighted by molar-refractivity contribution is -0.145. The van der Waals surface area contributed by atoms with E-state index in [0.29, 0.717) is 5.69 Å². The van der Waals surface area contributed by atoms with Crippen molar-refractivity contribution in [3.63, 3.8) is 0 Å². The molecule has 1 amide bonds. The van der Waals surface area contributed by atoms with Gasteiger partial charge in [-0.15, -0.1) is 0 Å². The highest BCUT2D eigenvalue weighted by Crippen LogP contribution is 2.03. The van der Waals surface area contributed by atoms with Crippen molar-refractivity contribution in [3.05, 3.63) is 30.1 Å². The van der Waals surface area contributed by atoms with E-state index < -0.39 is 11.5 Å². The number of nitrogens with one attached hydrogen (secondary N) is 1. The van der Waals surface area contributed by atoms with Crippen LogP contribution in [0.3, 0.4) is 0 Å². The van der Waals surface area contributed by atoms with Crippen molar-refractivity contribution < 1.29 is 14.7 Å². The Hall–Kier alpha value is -1.91. The number of carboxylic acid groups (broad SMARTS) is 1. The van der Waals surface area contributed by atoms with Crippen LogP contribution in [0.5, 0.6) is 0 Å². The summed E-state index contributed by atoms with van der Waals surface area (Å²) in [7, 11) is 0. The standard InChI is InChI=1S/C11H14N2O3/c1-11(2,10(15)16)13-9(14)7-8-5-3-4-6-12-8/h3-6H,7H2,1-2H3,(H,13,14)(H,15,16). The summed E-state index contributed by atoms with van der Waals surface area (Å²) in [6.45, 7) is 2.87. The van der Waals surface area contributed by atoms with Gasteiger partial charge >= 0.3 is 5.97 Å². The van der Waals surface area contributed by atoms with Gasteiger partial charge in [-0.05, 0) is 26.0 Å². The number of carbonyl (C=O) groups excluding carboxylic acids is 1. The number of hydrogen-bond donors (Lipinski definition) is 2. The molecule has 1 heterocycles. The van der Waals surface area contributed by atoms with Gasteiger partial charge in [-0.1, -0.05) is 6.07 Å². The number of rotatable bonds is 4. The number of nitrogens with zero attached hydrogens (tertiary/aromatic N) is 1. The fraction of sp³-hybridized carbons (Fsp3) is 0.364. The van der Waals surface area contributed by atoms with E-state index in [9.17, 15) is 9.59 Å². The Balaban J connectivity index is 2.58. The Labute approximate surface area is 93.5 Å². The molecule has 0 aromatic carbocycles. The Morgan fingerprint density at radius 1 is 1.44 bits per heavy atom. The molecule has 86 valence electrons. The zero-order valence-electron chi connectivity index (χ0n) is 9.23. The maximum atomic E-state index is 11.5. The number of aliphatic carboxylic acids is 1. The van der Waals surface area contributed by atoms with Crippen molar-refractivity contribution >= 4 is 11.9 Å². The maximum absolute atomic E-state index is 11.5. The topological polar surface area (TPSA) is 79.3 Å². The molecule has 1 rings (SSSR count). The summed E-state index contributed by atoms with van der Waals surface area (Å²) in [4.78, 5) is 26.3. The molecule has 0 saturated carbocycles. The second-order valence-electron chi connectivity index (χ2n) is 3.98. The van der Waals surface area contributed by atoms with Crippen molar-refractivity contribution in [1.29, 1.82) is 0 Å². The van der Waals surface area contributed by atoms with Gasteiger partial charge in [0.15, 0.2) is 0 Å². The van der Waals surface area contributed by atoms with E-state index in [0.717, 1.165) is 0 Å². The zero-order chi connectivity index (χ0) is 12.2. The van der Waals surface area contributed by atoms with Crippen LogP contribution in [0.1, 0.15) is 19.5 Å². The van der Waals surface area contributed by atoms with E-state index in [4.69, 9.17) is 5.11 Å². The smallest absolute Gasteiger partial charge is 0.328 e. The van der Waals surface area contributed by atoms with Gasteiger partial charge < -0.3 is 10.4 Å². The Morgan fingerprint density at radius 3 is 2.62 bits per heavy atom. The predicted octanol–water partition coefficient (Wildman–Crippen LogP) is 0.603. The van der Waals surface area contributed by atoms with Crippen LogP contribution in [-0.2, 0) is 16.0 Å². The average molecular weight is 222 g/mol. The first-order valence-electron chi connectivity index (χ1n) is 4.86. The Kier molecular flexibility index (Phi) is 3.60. The number of carboxylic acids is 1. The SMILES string of the molecule is CC(C)(NC(=O)Cc1ccccn1)C(=O)O. The molecule has 1 aromatic heterocycles. The fourth-order valence-corrected chi connectivity index (χ4v) is 1.11. The summed E-state index contributed by atoms with van der Waals surface area (Å²) in [6.07, 6.45) is 1.67. The lowest BCUT2D eigenvalue weighted by Crippen LogP contribution is -2.50. The van der Waals surface area contributed by atoms with E-state index in [1.165, 1.54) is 13.8 Å². The molecule has 5 heteroatoms. The van der Waals surface area contributed by atoms with E-state index in [1.807, 2.05) is 0 Å². The van der Waals surface area contributed by atoms with Crippen molar-refractivity contribution in [1.82, 2.24) is 10.3 Å². The first kappa shape index (κ1) is 12.2. The average Bonchev–Trinajstić information content (AvgIpc) is 2.17. The van der Waals surface area contributed by atoms with Crippen molar-refractivity contribution in [2.45, 2.75) is 25.8 Å². The highest BCUT2D eigenvalue weighted by atomic mass is 16.4. The lowest BCUT2D eigenvalue weighted by Gasteiger charge is -2.20. The Morgan fingerprint density at radius 2 is 2.12 bits per heavy atom. The van der Waals surface area contributed by atoms with Crippen LogP contribution in [0, 0.1) is 0 Å². The molecule has 0 aliphatic carbocycles. The molecule has 0 bridgehead atoms. The van der Waals surface area contributed by atoms with Crippen molar-refractivity contribution in [3.8, 4) is 0 Å². The number of hydrogen-bond acceptors (Lipinski definition) is 3. The number of carbonyl (C=O) groups is 2. The highest BCUT2D eigenvalue weighted by molar-refractivity contribution is 5.87. The first-order valence-corrected chi connectivity index (χ1v) is 4.86. The summed E-state index contributed by atoms with van der Waals surface area (Å²) in [5, 5.41) is 11.3. The van der Waals surface area contributed by atoms with Gasteiger partial charge in [0.25, 0.3) is 0 Å². The minimum absolute atomic E-state index is 0.0809. The molecule has 0 aliphatic heterocycles.